The van der Waals surface area contributed by atoms with Crippen LogP contribution in [0.4, 0.5) is 5.69 Å². The van der Waals surface area contributed by atoms with Gasteiger partial charge < -0.3 is 5.32 Å². The van der Waals surface area contributed by atoms with Crippen LogP contribution in [-0.4, -0.2) is 23.1 Å². The average molecular weight is 436 g/mol. The zero-order valence-corrected chi connectivity index (χ0v) is 20.9. The molecule has 0 saturated heterocycles. The van der Waals surface area contributed by atoms with Crippen molar-refractivity contribution in [3.63, 3.8) is 0 Å². The lowest BCUT2D eigenvalue weighted by molar-refractivity contribution is 0.0948. The van der Waals surface area contributed by atoms with E-state index in [0.29, 0.717) is 24.1 Å². The summed E-state index contributed by atoms with van der Waals surface area (Å²) in [5.74, 6) is 0.651. The van der Waals surface area contributed by atoms with Crippen LogP contribution >= 0.6 is 0 Å². The third-order valence-electron chi connectivity index (χ3n) is 5.79. The van der Waals surface area contributed by atoms with Crippen LogP contribution in [-0.2, 0) is 0 Å². The van der Waals surface area contributed by atoms with E-state index in [-0.39, 0.29) is 5.91 Å². The topological polar surface area (TPSA) is 54.4 Å². The van der Waals surface area contributed by atoms with Crippen molar-refractivity contribution in [3.05, 3.63) is 58.9 Å². The molecule has 0 aliphatic heterocycles. The Labute approximate surface area is 195 Å². The van der Waals surface area contributed by atoms with E-state index in [0.717, 1.165) is 29.9 Å². The molecular formula is C28H41N3O. The SMILES string of the molecule is CCCCCCCCNC(=O)c1cccc(C(C)=Nc2c(C(C)C)cccc2C(C)C)n1. The molecule has 174 valence electrons. The Hall–Kier alpha value is -2.49. The molecule has 1 N–H and O–H groups in total. The van der Waals surface area contributed by atoms with E-state index < -0.39 is 0 Å². The van der Waals surface area contributed by atoms with Crippen molar-refractivity contribution in [2.24, 2.45) is 4.99 Å². The summed E-state index contributed by atoms with van der Waals surface area (Å²) < 4.78 is 0. The fourth-order valence-electron chi connectivity index (χ4n) is 3.83. The summed E-state index contributed by atoms with van der Waals surface area (Å²) in [7, 11) is 0. The molecule has 0 fully saturated rings. The van der Waals surface area contributed by atoms with Gasteiger partial charge in [-0.05, 0) is 48.4 Å². The van der Waals surface area contributed by atoms with Crippen molar-refractivity contribution in [1.29, 1.82) is 0 Å². The summed E-state index contributed by atoms with van der Waals surface area (Å²) in [5.41, 5.74) is 5.53. The fourth-order valence-corrected chi connectivity index (χ4v) is 3.83. The second kappa shape index (κ2) is 13.1. The Balaban J connectivity index is 2.13. The van der Waals surface area contributed by atoms with Crippen molar-refractivity contribution in [1.82, 2.24) is 10.3 Å². The normalized spacial score (nSPS) is 11.9. The smallest absolute Gasteiger partial charge is 0.269 e. The van der Waals surface area contributed by atoms with Crippen LogP contribution in [0.25, 0.3) is 0 Å². The van der Waals surface area contributed by atoms with Gasteiger partial charge in [-0.25, -0.2) is 4.98 Å². The van der Waals surface area contributed by atoms with E-state index in [1.807, 2.05) is 19.1 Å². The first-order valence-electron chi connectivity index (χ1n) is 12.3. The molecule has 4 nitrogen and oxygen atoms in total. The van der Waals surface area contributed by atoms with Gasteiger partial charge in [-0.2, -0.15) is 0 Å². The molecule has 0 aliphatic rings. The number of carbonyl (C=O) groups is 1. The lowest BCUT2D eigenvalue weighted by Crippen LogP contribution is -2.25. The summed E-state index contributed by atoms with van der Waals surface area (Å²) in [5, 5.41) is 3.01. The molecule has 2 aromatic rings. The highest BCUT2D eigenvalue weighted by Crippen LogP contribution is 2.35. The Morgan fingerprint density at radius 1 is 0.875 bits per heavy atom. The first-order chi connectivity index (χ1) is 15.3. The van der Waals surface area contributed by atoms with E-state index in [4.69, 9.17) is 4.99 Å². The lowest BCUT2D eigenvalue weighted by atomic mass is 9.93. The Kier molecular flexibility index (Phi) is 10.6. The van der Waals surface area contributed by atoms with Crippen LogP contribution in [0.15, 0.2) is 41.4 Å². The van der Waals surface area contributed by atoms with Gasteiger partial charge in [0, 0.05) is 6.54 Å². The molecule has 0 spiro atoms. The van der Waals surface area contributed by atoms with E-state index in [1.54, 1.807) is 6.07 Å². The number of hydrogen-bond donors (Lipinski definition) is 1. The molecular weight excluding hydrogens is 394 g/mol. The predicted octanol–water partition coefficient (Wildman–Crippen LogP) is 7.56. The largest absolute Gasteiger partial charge is 0.351 e. The lowest BCUT2D eigenvalue weighted by Gasteiger charge is -2.17. The molecule has 1 aromatic heterocycles. The molecule has 0 radical (unpaired) electrons. The number of rotatable bonds is 12. The van der Waals surface area contributed by atoms with Crippen molar-refractivity contribution in [3.8, 4) is 0 Å². The number of unbranched alkanes of at least 4 members (excludes halogenated alkanes) is 5. The number of nitrogens with zero attached hydrogens (tertiary/aromatic N) is 2. The number of aromatic nitrogens is 1. The molecule has 4 heteroatoms. The van der Waals surface area contributed by atoms with Crippen LogP contribution in [0.5, 0.6) is 0 Å². The molecule has 0 bridgehead atoms. The van der Waals surface area contributed by atoms with Crippen molar-refractivity contribution in [2.75, 3.05) is 6.54 Å². The minimum absolute atomic E-state index is 0.112. The number of benzene rings is 1. The zero-order valence-electron chi connectivity index (χ0n) is 20.9. The highest BCUT2D eigenvalue weighted by Gasteiger charge is 2.15. The standard InChI is InChI=1S/C28H41N3O/c1-7-8-9-10-11-12-19-29-28(32)26-18-14-17-25(31-26)22(6)30-27-23(20(2)3)15-13-16-24(27)21(4)5/h13-18,20-21H,7-12,19H2,1-6H3,(H,29,32). The molecule has 1 aromatic carbocycles. The van der Waals surface area contributed by atoms with Crippen molar-refractivity contribution in [2.45, 2.75) is 91.9 Å². The maximum absolute atomic E-state index is 12.6. The van der Waals surface area contributed by atoms with Gasteiger partial charge >= 0.3 is 0 Å². The predicted molar refractivity (Wildman–Crippen MR) is 136 cm³/mol. The van der Waals surface area contributed by atoms with E-state index in [9.17, 15) is 4.79 Å². The molecule has 0 unspecified atom stereocenters. The Morgan fingerprint density at radius 3 is 2.06 bits per heavy atom. The summed E-state index contributed by atoms with van der Waals surface area (Å²) in [6, 6.07) is 12.0. The van der Waals surface area contributed by atoms with Gasteiger partial charge in [0.15, 0.2) is 0 Å². The fraction of sp³-hybridized carbons (Fsp3) is 0.536. The van der Waals surface area contributed by atoms with Crippen LogP contribution in [0, 0.1) is 0 Å². The van der Waals surface area contributed by atoms with Gasteiger partial charge in [0.05, 0.1) is 17.1 Å². The second-order valence-corrected chi connectivity index (χ2v) is 9.22. The van der Waals surface area contributed by atoms with Gasteiger partial charge in [0.2, 0.25) is 0 Å². The maximum Gasteiger partial charge on any atom is 0.269 e. The number of amides is 1. The number of carbonyl (C=O) groups excluding carboxylic acids is 1. The molecule has 0 saturated carbocycles. The van der Waals surface area contributed by atoms with Crippen molar-refractivity contribution < 1.29 is 4.79 Å². The summed E-state index contributed by atoms with van der Waals surface area (Å²) >= 11 is 0. The van der Waals surface area contributed by atoms with E-state index in [2.05, 4.69) is 63.1 Å². The average Bonchev–Trinajstić information content (AvgIpc) is 2.78. The van der Waals surface area contributed by atoms with Gasteiger partial charge in [0.1, 0.15) is 5.69 Å². The first kappa shape index (κ1) is 25.8. The summed E-state index contributed by atoms with van der Waals surface area (Å²) in [6.45, 7) is 13.7. The molecule has 0 atom stereocenters. The highest BCUT2D eigenvalue weighted by molar-refractivity contribution is 6.00. The molecule has 1 heterocycles. The third-order valence-corrected chi connectivity index (χ3v) is 5.79. The van der Waals surface area contributed by atoms with E-state index >= 15 is 0 Å². The maximum atomic E-state index is 12.6. The number of pyridine rings is 1. The molecule has 2 rings (SSSR count). The summed E-state index contributed by atoms with van der Waals surface area (Å²) in [6.07, 6.45) is 7.24. The number of nitrogens with one attached hydrogen (secondary N) is 1. The first-order valence-corrected chi connectivity index (χ1v) is 12.3. The number of para-hydroxylation sites is 1. The third kappa shape index (κ3) is 7.58. The molecule has 0 aliphatic carbocycles. The van der Waals surface area contributed by atoms with Gasteiger partial charge in [-0.1, -0.05) is 91.0 Å². The summed E-state index contributed by atoms with van der Waals surface area (Å²) in [4.78, 5) is 22.2. The van der Waals surface area contributed by atoms with Crippen LogP contribution < -0.4 is 5.32 Å². The van der Waals surface area contributed by atoms with Crippen LogP contribution in [0.2, 0.25) is 0 Å². The quantitative estimate of drug-likeness (QED) is 0.276. The molecule has 32 heavy (non-hydrogen) atoms. The highest BCUT2D eigenvalue weighted by atomic mass is 16.1. The minimum Gasteiger partial charge on any atom is -0.351 e. The van der Waals surface area contributed by atoms with Gasteiger partial charge in [0.25, 0.3) is 5.91 Å². The monoisotopic (exact) mass is 435 g/mol. The van der Waals surface area contributed by atoms with Gasteiger partial charge in [-0.15, -0.1) is 0 Å². The van der Waals surface area contributed by atoms with Crippen LogP contribution in [0.3, 0.4) is 0 Å². The molecule has 1 amide bonds. The number of aliphatic imine (C=N–C) groups is 1. The van der Waals surface area contributed by atoms with Gasteiger partial charge in [-0.3, -0.25) is 9.79 Å². The second-order valence-electron chi connectivity index (χ2n) is 9.22. The van der Waals surface area contributed by atoms with Crippen molar-refractivity contribution >= 4 is 17.3 Å². The Morgan fingerprint density at radius 2 is 1.44 bits per heavy atom. The van der Waals surface area contributed by atoms with E-state index in [1.165, 1.54) is 36.8 Å². The number of hydrogen-bond acceptors (Lipinski definition) is 3. The zero-order chi connectivity index (χ0) is 23.5. The Bertz CT molecular complexity index is 873. The van der Waals surface area contributed by atoms with Crippen LogP contribution in [0.1, 0.15) is 119 Å². The minimum atomic E-state index is -0.112.